The summed E-state index contributed by atoms with van der Waals surface area (Å²) in [5.41, 5.74) is 7.68. The fourth-order valence-corrected chi connectivity index (χ4v) is 1.88. The van der Waals surface area contributed by atoms with Crippen LogP contribution in [-0.2, 0) is 11.3 Å². The van der Waals surface area contributed by atoms with E-state index in [1.54, 1.807) is 42.5 Å². The van der Waals surface area contributed by atoms with Crippen LogP contribution in [0.15, 0.2) is 42.5 Å². The molecule has 0 aliphatic carbocycles. The molecule has 0 unspecified atom stereocenters. The van der Waals surface area contributed by atoms with Crippen molar-refractivity contribution >= 4 is 11.7 Å². The van der Waals surface area contributed by atoms with Crippen LogP contribution in [0, 0.1) is 11.3 Å². The lowest BCUT2D eigenvalue weighted by Crippen LogP contribution is -2.11. The number of ether oxygens (including phenoxy) is 2. The van der Waals surface area contributed by atoms with Crippen molar-refractivity contribution in [2.45, 2.75) is 6.61 Å². The number of carbonyl (C=O) groups is 1. The summed E-state index contributed by atoms with van der Waals surface area (Å²) in [6.07, 6.45) is 0. The Balaban J connectivity index is 2.18. The predicted octanol–water partition coefficient (Wildman–Crippen LogP) is 2.51. The number of carbonyl (C=O) groups excluding carboxylic acids is 1. The molecule has 0 bridgehead atoms. The smallest absolute Gasteiger partial charge is 0.340 e. The molecule has 2 aromatic rings. The van der Waals surface area contributed by atoms with Crippen LogP contribution >= 0.6 is 0 Å². The minimum absolute atomic E-state index is 0.182. The number of benzene rings is 2. The Morgan fingerprint density at radius 2 is 1.95 bits per heavy atom. The molecule has 0 saturated heterocycles. The second-order valence-electron chi connectivity index (χ2n) is 4.30. The van der Waals surface area contributed by atoms with Gasteiger partial charge in [-0.25, -0.2) is 4.79 Å². The van der Waals surface area contributed by atoms with Crippen LogP contribution in [0.4, 0.5) is 5.69 Å². The third-order valence-electron chi connectivity index (χ3n) is 2.95. The molecule has 2 N–H and O–H groups in total. The Labute approximate surface area is 122 Å². The number of hydrogen-bond acceptors (Lipinski definition) is 5. The maximum Gasteiger partial charge on any atom is 0.340 e. The highest BCUT2D eigenvalue weighted by Crippen LogP contribution is 2.21. The Morgan fingerprint density at radius 1 is 1.24 bits per heavy atom. The van der Waals surface area contributed by atoms with Crippen LogP contribution in [0.5, 0.6) is 5.75 Å². The number of esters is 1. The summed E-state index contributed by atoms with van der Waals surface area (Å²) >= 11 is 0. The summed E-state index contributed by atoms with van der Waals surface area (Å²) in [5, 5.41) is 8.74. The van der Waals surface area contributed by atoms with Gasteiger partial charge in [0.1, 0.15) is 12.4 Å². The van der Waals surface area contributed by atoms with Crippen molar-refractivity contribution in [3.8, 4) is 11.8 Å². The Bertz CT molecular complexity index is 688. The molecule has 0 atom stereocenters. The number of anilines is 1. The van der Waals surface area contributed by atoms with Gasteiger partial charge in [-0.1, -0.05) is 12.1 Å². The van der Waals surface area contributed by atoms with E-state index in [1.807, 2.05) is 6.07 Å². The summed E-state index contributed by atoms with van der Waals surface area (Å²) in [6.45, 7) is 0.182. The van der Waals surface area contributed by atoms with Gasteiger partial charge in [0.25, 0.3) is 0 Å². The first-order chi connectivity index (χ1) is 10.2. The molecule has 0 heterocycles. The van der Waals surface area contributed by atoms with Crippen LogP contribution in [0.1, 0.15) is 21.5 Å². The number of nitrogens with two attached hydrogens (primary N) is 1. The van der Waals surface area contributed by atoms with Gasteiger partial charge in [0, 0.05) is 11.3 Å². The van der Waals surface area contributed by atoms with E-state index in [-0.39, 0.29) is 6.61 Å². The minimum atomic E-state index is -0.494. The fourth-order valence-electron chi connectivity index (χ4n) is 1.88. The average Bonchev–Trinajstić information content (AvgIpc) is 2.52. The van der Waals surface area contributed by atoms with Gasteiger partial charge >= 0.3 is 5.97 Å². The van der Waals surface area contributed by atoms with Crippen molar-refractivity contribution < 1.29 is 14.3 Å². The van der Waals surface area contributed by atoms with Crippen molar-refractivity contribution in [2.75, 3.05) is 12.8 Å². The van der Waals surface area contributed by atoms with Gasteiger partial charge in [-0.3, -0.25) is 0 Å². The molecular weight excluding hydrogens is 268 g/mol. The number of rotatable bonds is 4. The first kappa shape index (κ1) is 14.4. The van der Waals surface area contributed by atoms with Gasteiger partial charge in [0.2, 0.25) is 0 Å². The second kappa shape index (κ2) is 6.44. The van der Waals surface area contributed by atoms with E-state index < -0.39 is 5.97 Å². The molecule has 0 aliphatic heterocycles. The number of hydrogen-bond donors (Lipinski definition) is 1. The van der Waals surface area contributed by atoms with Gasteiger partial charge in [0.05, 0.1) is 24.3 Å². The van der Waals surface area contributed by atoms with E-state index >= 15 is 0 Å². The first-order valence-electron chi connectivity index (χ1n) is 6.24. The molecule has 0 saturated carbocycles. The van der Waals surface area contributed by atoms with Gasteiger partial charge < -0.3 is 15.2 Å². The van der Waals surface area contributed by atoms with E-state index in [4.69, 9.17) is 20.5 Å². The van der Waals surface area contributed by atoms with Crippen molar-refractivity contribution in [2.24, 2.45) is 0 Å². The number of methoxy groups -OCH3 is 1. The summed E-state index contributed by atoms with van der Waals surface area (Å²) in [6, 6.07) is 13.9. The van der Waals surface area contributed by atoms with E-state index in [9.17, 15) is 4.79 Å². The molecule has 0 aliphatic rings. The van der Waals surface area contributed by atoms with E-state index in [2.05, 4.69) is 0 Å². The van der Waals surface area contributed by atoms with Crippen molar-refractivity contribution in [1.82, 2.24) is 0 Å². The third kappa shape index (κ3) is 3.31. The van der Waals surface area contributed by atoms with Gasteiger partial charge in [-0.2, -0.15) is 5.26 Å². The molecule has 5 heteroatoms. The molecule has 0 aromatic heterocycles. The summed E-state index contributed by atoms with van der Waals surface area (Å²) in [4.78, 5) is 11.8. The van der Waals surface area contributed by atoms with Gasteiger partial charge in [-0.15, -0.1) is 0 Å². The average molecular weight is 282 g/mol. The molecule has 21 heavy (non-hydrogen) atoms. The van der Waals surface area contributed by atoms with E-state index in [0.29, 0.717) is 28.1 Å². The standard InChI is InChI=1S/C16H14N2O3/c1-20-16(19)15-12(3-2-4-14(15)18)10-21-13-7-5-11(9-17)6-8-13/h2-8H,10,18H2,1H3. The normalized spacial score (nSPS) is 9.71. The molecule has 106 valence electrons. The zero-order chi connectivity index (χ0) is 15.2. The van der Waals surface area contributed by atoms with Gasteiger partial charge in [0.15, 0.2) is 0 Å². The minimum Gasteiger partial charge on any atom is -0.489 e. The third-order valence-corrected chi connectivity index (χ3v) is 2.95. The highest BCUT2D eigenvalue weighted by atomic mass is 16.5. The molecule has 2 aromatic carbocycles. The predicted molar refractivity (Wildman–Crippen MR) is 77.7 cm³/mol. The highest BCUT2D eigenvalue weighted by molar-refractivity contribution is 5.96. The second-order valence-corrected chi connectivity index (χ2v) is 4.30. The molecule has 0 spiro atoms. The van der Waals surface area contributed by atoms with Crippen LogP contribution in [-0.4, -0.2) is 13.1 Å². The molecular formula is C16H14N2O3. The number of nitriles is 1. The monoisotopic (exact) mass is 282 g/mol. The Morgan fingerprint density at radius 3 is 2.57 bits per heavy atom. The van der Waals surface area contributed by atoms with Crippen LogP contribution in [0.3, 0.4) is 0 Å². The summed E-state index contributed by atoms with van der Waals surface area (Å²) in [7, 11) is 1.31. The molecule has 0 amide bonds. The zero-order valence-corrected chi connectivity index (χ0v) is 11.5. The number of nitrogen functional groups attached to an aromatic ring is 1. The Kier molecular flexibility index (Phi) is 4.42. The van der Waals surface area contributed by atoms with Crippen LogP contribution in [0.25, 0.3) is 0 Å². The first-order valence-corrected chi connectivity index (χ1v) is 6.24. The lowest BCUT2D eigenvalue weighted by atomic mass is 10.1. The van der Waals surface area contributed by atoms with Crippen molar-refractivity contribution in [3.05, 3.63) is 59.2 Å². The van der Waals surface area contributed by atoms with Crippen molar-refractivity contribution in [1.29, 1.82) is 5.26 Å². The maximum absolute atomic E-state index is 11.8. The van der Waals surface area contributed by atoms with Crippen LogP contribution < -0.4 is 10.5 Å². The lowest BCUT2D eigenvalue weighted by Gasteiger charge is -2.11. The molecule has 0 radical (unpaired) electrons. The molecule has 5 nitrogen and oxygen atoms in total. The molecule has 0 fully saturated rings. The zero-order valence-electron chi connectivity index (χ0n) is 11.5. The van der Waals surface area contributed by atoms with Gasteiger partial charge in [-0.05, 0) is 30.3 Å². The highest BCUT2D eigenvalue weighted by Gasteiger charge is 2.15. The maximum atomic E-state index is 11.8. The fraction of sp³-hybridized carbons (Fsp3) is 0.125. The largest absolute Gasteiger partial charge is 0.489 e. The number of nitrogens with zero attached hydrogens (tertiary/aromatic N) is 1. The van der Waals surface area contributed by atoms with Crippen LogP contribution in [0.2, 0.25) is 0 Å². The summed E-state index contributed by atoms with van der Waals surface area (Å²) in [5.74, 6) is 0.110. The van der Waals surface area contributed by atoms with Crippen molar-refractivity contribution in [3.63, 3.8) is 0 Å². The molecule has 2 rings (SSSR count). The quantitative estimate of drug-likeness (QED) is 0.688. The SMILES string of the molecule is COC(=O)c1c(N)cccc1COc1ccc(C#N)cc1. The lowest BCUT2D eigenvalue weighted by molar-refractivity contribution is 0.0599. The summed E-state index contributed by atoms with van der Waals surface area (Å²) < 4.78 is 10.3. The van der Waals surface area contributed by atoms with E-state index in [1.165, 1.54) is 7.11 Å². The van der Waals surface area contributed by atoms with E-state index in [0.717, 1.165) is 0 Å². The Hall–Kier alpha value is -3.00. The topological polar surface area (TPSA) is 85.3 Å².